The second-order valence-corrected chi connectivity index (χ2v) is 8.29. The van der Waals surface area contributed by atoms with E-state index in [2.05, 4.69) is 15.3 Å². The van der Waals surface area contributed by atoms with E-state index in [4.69, 9.17) is 16.3 Å². The highest BCUT2D eigenvalue weighted by atomic mass is 35.5. The Morgan fingerprint density at radius 3 is 2.63 bits per heavy atom. The van der Waals surface area contributed by atoms with Gasteiger partial charge >= 0.3 is 12.1 Å². The number of carboxylic acids is 1. The number of aromatic nitrogens is 3. The molecule has 0 aromatic carbocycles. The molecule has 9 heteroatoms. The minimum atomic E-state index is -1.07. The number of alkyl carbamates (subject to hydrolysis) is 1. The van der Waals surface area contributed by atoms with Gasteiger partial charge in [-0.05, 0) is 51.3 Å². The zero-order chi connectivity index (χ0) is 19.8. The zero-order valence-electron chi connectivity index (χ0n) is 15.6. The van der Waals surface area contributed by atoms with Crippen LogP contribution in [0, 0.1) is 0 Å². The maximum Gasteiger partial charge on any atom is 0.408 e. The smallest absolute Gasteiger partial charge is 0.408 e. The number of fused-ring (bicyclic) bond motifs is 1. The molecule has 2 N–H and O–H groups in total. The van der Waals surface area contributed by atoms with Gasteiger partial charge in [0.1, 0.15) is 16.9 Å². The van der Waals surface area contributed by atoms with Crippen LogP contribution >= 0.6 is 11.6 Å². The van der Waals surface area contributed by atoms with Crippen molar-refractivity contribution in [1.29, 1.82) is 0 Å². The fourth-order valence-electron chi connectivity index (χ4n) is 3.55. The Labute approximate surface area is 161 Å². The van der Waals surface area contributed by atoms with Gasteiger partial charge in [0.2, 0.25) is 5.28 Å². The highest BCUT2D eigenvalue weighted by molar-refractivity contribution is 6.28. The first-order valence-corrected chi connectivity index (χ1v) is 9.23. The normalized spacial score (nSPS) is 16.4. The van der Waals surface area contributed by atoms with Crippen molar-refractivity contribution in [3.05, 3.63) is 23.2 Å². The second-order valence-electron chi connectivity index (χ2n) is 7.95. The third kappa shape index (κ3) is 4.32. The van der Waals surface area contributed by atoms with Gasteiger partial charge in [0.05, 0.1) is 5.54 Å². The first kappa shape index (κ1) is 19.4. The fraction of sp³-hybridized carbons (Fsp3) is 0.556. The zero-order valence-corrected chi connectivity index (χ0v) is 16.3. The lowest BCUT2D eigenvalue weighted by Crippen LogP contribution is -2.51. The number of halogens is 1. The third-order valence-corrected chi connectivity index (χ3v) is 4.79. The molecule has 146 valence electrons. The summed E-state index contributed by atoms with van der Waals surface area (Å²) < 4.78 is 7.00. The Morgan fingerprint density at radius 1 is 1.37 bits per heavy atom. The number of hydrogen-bond donors (Lipinski definition) is 2. The Kier molecular flexibility index (Phi) is 5.03. The van der Waals surface area contributed by atoms with Crippen LogP contribution in [0.3, 0.4) is 0 Å². The molecule has 1 aliphatic rings. The lowest BCUT2D eigenvalue weighted by Gasteiger charge is -2.32. The summed E-state index contributed by atoms with van der Waals surface area (Å²) >= 11 is 5.92. The van der Waals surface area contributed by atoms with Crippen molar-refractivity contribution < 1.29 is 19.4 Å². The van der Waals surface area contributed by atoms with E-state index in [1.54, 1.807) is 25.3 Å². The molecule has 0 aliphatic heterocycles. The molecule has 2 aromatic heterocycles. The molecule has 3 rings (SSSR count). The average molecular weight is 395 g/mol. The van der Waals surface area contributed by atoms with E-state index >= 15 is 0 Å². The topological polar surface area (TPSA) is 106 Å². The quantitative estimate of drug-likeness (QED) is 0.767. The predicted octanol–water partition coefficient (Wildman–Crippen LogP) is 3.62. The van der Waals surface area contributed by atoms with Crippen LogP contribution < -0.4 is 5.32 Å². The number of carbonyl (C=O) groups excluding carboxylic acids is 1. The van der Waals surface area contributed by atoms with Crippen molar-refractivity contribution >= 4 is 34.7 Å². The number of rotatable bonds is 4. The Morgan fingerprint density at radius 2 is 2.04 bits per heavy atom. The van der Waals surface area contributed by atoms with Gasteiger partial charge < -0.3 is 19.7 Å². The van der Waals surface area contributed by atoms with Crippen molar-refractivity contribution in [2.45, 2.75) is 64.1 Å². The Hall–Kier alpha value is -2.35. The first-order chi connectivity index (χ1) is 12.6. The minimum absolute atomic E-state index is 0.0411. The number of ether oxygens (including phenoxy) is 1. The van der Waals surface area contributed by atoms with E-state index < -0.39 is 23.2 Å². The van der Waals surface area contributed by atoms with Crippen LogP contribution in [0.15, 0.2) is 12.3 Å². The van der Waals surface area contributed by atoms with Crippen LogP contribution in [0.4, 0.5) is 4.79 Å². The van der Waals surface area contributed by atoms with E-state index in [9.17, 15) is 14.7 Å². The number of nitrogens with one attached hydrogen (secondary N) is 1. The summed E-state index contributed by atoms with van der Waals surface area (Å²) in [7, 11) is 0. The van der Waals surface area contributed by atoms with Crippen LogP contribution in [0.5, 0.6) is 0 Å². The molecular weight excluding hydrogens is 372 g/mol. The summed E-state index contributed by atoms with van der Waals surface area (Å²) in [5.41, 5.74) is -0.698. The molecule has 1 fully saturated rings. The molecule has 0 spiro atoms. The Balaban J connectivity index is 1.97. The molecule has 0 saturated heterocycles. The number of aromatic carboxylic acids is 1. The van der Waals surface area contributed by atoms with Gasteiger partial charge in [0, 0.05) is 18.1 Å². The average Bonchev–Trinajstić information content (AvgIpc) is 3.11. The fourth-order valence-corrected chi connectivity index (χ4v) is 3.68. The maximum absolute atomic E-state index is 12.4. The van der Waals surface area contributed by atoms with Gasteiger partial charge in [0.25, 0.3) is 0 Å². The number of amides is 1. The van der Waals surface area contributed by atoms with Crippen LogP contribution in [0.2, 0.25) is 5.28 Å². The lowest BCUT2D eigenvalue weighted by molar-refractivity contribution is 0.0445. The summed E-state index contributed by atoms with van der Waals surface area (Å²) in [5.74, 6) is -1.07. The van der Waals surface area contributed by atoms with Gasteiger partial charge in [-0.2, -0.15) is 4.98 Å². The summed E-state index contributed by atoms with van der Waals surface area (Å²) in [6.07, 6.45) is 4.31. The van der Waals surface area contributed by atoms with E-state index in [0.29, 0.717) is 11.0 Å². The highest BCUT2D eigenvalue weighted by Gasteiger charge is 2.38. The first-order valence-electron chi connectivity index (χ1n) is 8.85. The minimum Gasteiger partial charge on any atom is -0.477 e. The molecule has 27 heavy (non-hydrogen) atoms. The largest absolute Gasteiger partial charge is 0.477 e. The molecule has 0 unspecified atom stereocenters. The molecule has 0 bridgehead atoms. The van der Waals surface area contributed by atoms with E-state index in [1.807, 2.05) is 0 Å². The van der Waals surface area contributed by atoms with Crippen LogP contribution in [0.1, 0.15) is 56.9 Å². The molecule has 1 saturated carbocycles. The summed E-state index contributed by atoms with van der Waals surface area (Å²) in [6, 6.07) is 1.52. The monoisotopic (exact) mass is 394 g/mol. The molecule has 8 nitrogen and oxygen atoms in total. The standard InChI is InChI=1S/C18H23ClN4O4/c1-17(2,3)27-16(26)22-18(6-4-5-7-18)10-23-12(14(24)25)8-11-9-20-15(19)21-13(11)23/h8-9H,4-7,10H2,1-3H3,(H,22,26)(H,24,25). The van der Waals surface area contributed by atoms with Crippen molar-refractivity contribution in [3.8, 4) is 0 Å². The van der Waals surface area contributed by atoms with E-state index in [1.165, 1.54) is 12.3 Å². The van der Waals surface area contributed by atoms with Gasteiger partial charge in [-0.25, -0.2) is 14.6 Å². The van der Waals surface area contributed by atoms with Crippen LogP contribution in [-0.4, -0.2) is 42.8 Å². The SMILES string of the molecule is CC(C)(C)OC(=O)NC1(Cn2c(C(=O)O)cc3cnc(Cl)nc32)CCCC1. The van der Waals surface area contributed by atoms with Gasteiger partial charge in [-0.3, -0.25) is 0 Å². The van der Waals surface area contributed by atoms with Gasteiger partial charge in [-0.15, -0.1) is 0 Å². The van der Waals surface area contributed by atoms with Gasteiger partial charge in [-0.1, -0.05) is 12.8 Å². The second kappa shape index (κ2) is 6.99. The molecule has 0 atom stereocenters. The van der Waals surface area contributed by atoms with E-state index in [-0.39, 0.29) is 17.5 Å². The highest BCUT2D eigenvalue weighted by Crippen LogP contribution is 2.33. The molecular formula is C18H23ClN4O4. The molecule has 2 heterocycles. The summed E-state index contributed by atoms with van der Waals surface area (Å²) in [6.45, 7) is 5.67. The van der Waals surface area contributed by atoms with Gasteiger partial charge in [0.15, 0.2) is 0 Å². The summed E-state index contributed by atoms with van der Waals surface area (Å²) in [4.78, 5) is 32.2. The van der Waals surface area contributed by atoms with Crippen molar-refractivity contribution in [3.63, 3.8) is 0 Å². The number of nitrogens with zero attached hydrogens (tertiary/aromatic N) is 3. The van der Waals surface area contributed by atoms with Crippen molar-refractivity contribution in [2.75, 3.05) is 0 Å². The lowest BCUT2D eigenvalue weighted by atomic mass is 9.97. The van der Waals surface area contributed by atoms with Crippen LogP contribution in [0.25, 0.3) is 11.0 Å². The number of carbonyl (C=O) groups is 2. The maximum atomic E-state index is 12.4. The number of carboxylic acid groups (broad SMARTS) is 1. The summed E-state index contributed by atoms with van der Waals surface area (Å²) in [5, 5.41) is 13.2. The molecule has 1 amide bonds. The molecule has 0 radical (unpaired) electrons. The molecule has 2 aromatic rings. The van der Waals surface area contributed by atoms with Crippen LogP contribution in [-0.2, 0) is 11.3 Å². The third-order valence-electron chi connectivity index (χ3n) is 4.61. The Bertz CT molecular complexity index is 881. The van der Waals surface area contributed by atoms with Crippen molar-refractivity contribution in [1.82, 2.24) is 19.9 Å². The van der Waals surface area contributed by atoms with E-state index in [0.717, 1.165) is 25.7 Å². The van der Waals surface area contributed by atoms with Crippen molar-refractivity contribution in [2.24, 2.45) is 0 Å². The predicted molar refractivity (Wildman–Crippen MR) is 100 cm³/mol. The number of hydrogen-bond acceptors (Lipinski definition) is 5. The molecule has 1 aliphatic carbocycles.